The van der Waals surface area contributed by atoms with Crippen LogP contribution in [0.1, 0.15) is 12.6 Å². The largest absolute Gasteiger partial charge is 0.492 e. The van der Waals surface area contributed by atoms with Gasteiger partial charge in [-0.3, -0.25) is 0 Å². The maximum absolute atomic E-state index is 9.78. The summed E-state index contributed by atoms with van der Waals surface area (Å²) in [6, 6.07) is 5.84. The highest BCUT2D eigenvalue weighted by atomic mass is 32.2. The number of aromatic amines is 1. The molecule has 6 heteroatoms. The number of H-pyrrole nitrogens is 1. The zero-order chi connectivity index (χ0) is 13.2. The zero-order valence-electron chi connectivity index (χ0n) is 10.3. The van der Waals surface area contributed by atoms with E-state index in [0.29, 0.717) is 5.69 Å². The first kappa shape index (κ1) is 12.0. The number of benzene rings is 1. The molecule has 2 heterocycles. The number of aromatic hydroxyl groups is 1. The molecule has 0 atom stereocenters. The van der Waals surface area contributed by atoms with Gasteiger partial charge in [0.2, 0.25) is 5.88 Å². The van der Waals surface area contributed by atoms with E-state index in [1.165, 1.54) is 0 Å². The topological polar surface area (TPSA) is 73.6 Å². The van der Waals surface area contributed by atoms with Crippen molar-refractivity contribution >= 4 is 29.7 Å². The number of azo groups is 1. The summed E-state index contributed by atoms with van der Waals surface area (Å²) in [5.41, 5.74) is 1.45. The van der Waals surface area contributed by atoms with Crippen LogP contribution in [0.2, 0.25) is 0 Å². The summed E-state index contributed by atoms with van der Waals surface area (Å²) < 4.78 is 0. The van der Waals surface area contributed by atoms with Crippen LogP contribution in [0.3, 0.4) is 0 Å². The SMILES string of the molecule is CCSc1nc(O)c(C=c2ccc3c(c2)N=NC=3)[nH]1. The number of imidazole rings is 1. The van der Waals surface area contributed by atoms with Gasteiger partial charge in [-0.1, -0.05) is 30.8 Å². The number of fused-ring (bicyclic) bond motifs is 1. The fraction of sp³-hybridized carbons (Fsp3) is 0.154. The van der Waals surface area contributed by atoms with Crippen LogP contribution in [0.5, 0.6) is 5.88 Å². The van der Waals surface area contributed by atoms with Crippen molar-refractivity contribution < 1.29 is 5.11 Å². The number of nitrogens with zero attached hydrogens (tertiary/aromatic N) is 3. The number of hydrogen-bond donors (Lipinski definition) is 2. The molecule has 1 aromatic carbocycles. The highest BCUT2D eigenvalue weighted by molar-refractivity contribution is 7.99. The Labute approximate surface area is 113 Å². The Balaban J connectivity index is 2.02. The molecule has 0 radical (unpaired) electrons. The molecule has 19 heavy (non-hydrogen) atoms. The van der Waals surface area contributed by atoms with Gasteiger partial charge in [0.1, 0.15) is 5.69 Å². The van der Waals surface area contributed by atoms with Gasteiger partial charge in [-0.2, -0.15) is 15.2 Å². The Hall–Kier alpha value is -2.08. The predicted octanol–water partition coefficient (Wildman–Crippen LogP) is 1.89. The normalized spacial score (nSPS) is 13.6. The van der Waals surface area contributed by atoms with E-state index >= 15 is 0 Å². The van der Waals surface area contributed by atoms with Gasteiger partial charge in [-0.25, -0.2) is 0 Å². The Kier molecular flexibility index (Phi) is 3.08. The minimum absolute atomic E-state index is 0.0182. The minimum atomic E-state index is 0.0182. The fourth-order valence-electron chi connectivity index (χ4n) is 1.83. The van der Waals surface area contributed by atoms with Crippen molar-refractivity contribution in [2.24, 2.45) is 10.2 Å². The maximum atomic E-state index is 9.78. The van der Waals surface area contributed by atoms with Gasteiger partial charge in [0.25, 0.3) is 0 Å². The lowest BCUT2D eigenvalue weighted by molar-refractivity contribution is 0.453. The van der Waals surface area contributed by atoms with Crippen molar-refractivity contribution in [3.05, 3.63) is 34.3 Å². The molecule has 2 aromatic rings. The number of hydrogen-bond acceptors (Lipinski definition) is 5. The average molecular weight is 272 g/mol. The molecule has 3 rings (SSSR count). The molecule has 0 aliphatic carbocycles. The summed E-state index contributed by atoms with van der Waals surface area (Å²) in [5.74, 6) is 0.922. The third-order valence-electron chi connectivity index (χ3n) is 2.70. The van der Waals surface area contributed by atoms with Crippen molar-refractivity contribution in [2.45, 2.75) is 12.1 Å². The quantitative estimate of drug-likeness (QED) is 0.838. The number of thioether (sulfide) groups is 1. The Morgan fingerprint density at radius 3 is 3.16 bits per heavy atom. The maximum Gasteiger partial charge on any atom is 0.237 e. The molecule has 0 bridgehead atoms. The summed E-state index contributed by atoms with van der Waals surface area (Å²) in [5, 5.41) is 20.3. The fourth-order valence-corrected chi connectivity index (χ4v) is 2.43. The van der Waals surface area contributed by atoms with E-state index in [4.69, 9.17) is 0 Å². The Morgan fingerprint density at radius 2 is 2.32 bits per heavy atom. The van der Waals surface area contributed by atoms with E-state index in [2.05, 4.69) is 20.2 Å². The molecule has 0 fully saturated rings. The molecular weight excluding hydrogens is 260 g/mol. The second kappa shape index (κ2) is 4.89. The lowest BCUT2D eigenvalue weighted by Crippen LogP contribution is -2.06. The van der Waals surface area contributed by atoms with Crippen molar-refractivity contribution in [2.75, 3.05) is 5.75 Å². The van der Waals surface area contributed by atoms with Gasteiger partial charge in [-0.15, -0.1) is 0 Å². The first-order chi connectivity index (χ1) is 9.26. The number of aromatic nitrogens is 2. The van der Waals surface area contributed by atoms with Gasteiger partial charge in [-0.05, 0) is 23.1 Å². The van der Waals surface area contributed by atoms with Crippen LogP contribution in [0.25, 0.3) is 12.3 Å². The summed E-state index contributed by atoms with van der Waals surface area (Å²) in [4.78, 5) is 7.14. The third kappa shape index (κ3) is 2.39. The third-order valence-corrected chi connectivity index (χ3v) is 3.45. The Bertz CT molecular complexity index is 763. The lowest BCUT2D eigenvalue weighted by atomic mass is 10.2. The number of rotatable bonds is 3. The molecule has 96 valence electrons. The van der Waals surface area contributed by atoms with Crippen LogP contribution in [0, 0.1) is 0 Å². The van der Waals surface area contributed by atoms with E-state index in [-0.39, 0.29) is 5.88 Å². The molecule has 0 saturated heterocycles. The smallest absolute Gasteiger partial charge is 0.237 e. The second-order valence-corrected chi connectivity index (χ2v) is 5.27. The van der Waals surface area contributed by atoms with Crippen molar-refractivity contribution in [1.82, 2.24) is 9.97 Å². The highest BCUT2D eigenvalue weighted by Gasteiger charge is 2.06. The van der Waals surface area contributed by atoms with Crippen LogP contribution in [0.4, 0.5) is 5.69 Å². The first-order valence-corrected chi connectivity index (χ1v) is 6.89. The van der Waals surface area contributed by atoms with Crippen molar-refractivity contribution in [3.8, 4) is 5.88 Å². The first-order valence-electron chi connectivity index (χ1n) is 5.91. The van der Waals surface area contributed by atoms with Gasteiger partial charge >= 0.3 is 0 Å². The molecule has 5 nitrogen and oxygen atoms in total. The summed E-state index contributed by atoms with van der Waals surface area (Å²) in [6.45, 7) is 2.04. The monoisotopic (exact) mass is 272 g/mol. The molecule has 0 spiro atoms. The van der Waals surface area contributed by atoms with Crippen molar-refractivity contribution in [1.29, 1.82) is 0 Å². The Morgan fingerprint density at radius 1 is 1.42 bits per heavy atom. The molecule has 0 amide bonds. The van der Waals surface area contributed by atoms with Gasteiger partial charge in [0, 0.05) is 5.22 Å². The van der Waals surface area contributed by atoms with Crippen LogP contribution in [0.15, 0.2) is 33.6 Å². The van der Waals surface area contributed by atoms with Gasteiger partial charge in [0.05, 0.1) is 11.9 Å². The highest BCUT2D eigenvalue weighted by Crippen LogP contribution is 2.21. The molecule has 1 aliphatic rings. The van der Waals surface area contributed by atoms with Gasteiger partial charge in [0.15, 0.2) is 5.16 Å². The van der Waals surface area contributed by atoms with E-state index in [1.807, 2.05) is 31.2 Å². The van der Waals surface area contributed by atoms with Crippen molar-refractivity contribution in [3.63, 3.8) is 0 Å². The van der Waals surface area contributed by atoms with Crippen LogP contribution in [-0.4, -0.2) is 20.8 Å². The molecule has 1 aliphatic heterocycles. The molecule has 2 N–H and O–H groups in total. The summed E-state index contributed by atoms with van der Waals surface area (Å²) in [7, 11) is 0. The van der Waals surface area contributed by atoms with E-state index < -0.39 is 0 Å². The summed E-state index contributed by atoms with van der Waals surface area (Å²) >= 11 is 1.56. The number of nitrogens with one attached hydrogen (secondary N) is 1. The second-order valence-electron chi connectivity index (χ2n) is 4.02. The van der Waals surface area contributed by atoms with E-state index in [0.717, 1.165) is 27.0 Å². The molecular formula is C13H12N4OS. The van der Waals surface area contributed by atoms with E-state index in [1.54, 1.807) is 18.0 Å². The average Bonchev–Trinajstić information content (AvgIpc) is 2.97. The predicted molar refractivity (Wildman–Crippen MR) is 74.9 cm³/mol. The molecule has 0 saturated carbocycles. The standard InChI is InChI=1S/C13H12N4OS/c1-2-19-13-15-11(12(18)16-13)6-8-3-4-9-7-14-17-10(9)5-8/h3-7,18H,2H2,1H3,(H,15,16). The van der Waals surface area contributed by atoms with Crippen LogP contribution >= 0.6 is 11.8 Å². The molecule has 1 aromatic heterocycles. The zero-order valence-corrected chi connectivity index (χ0v) is 11.1. The van der Waals surface area contributed by atoms with Gasteiger partial charge < -0.3 is 10.1 Å². The van der Waals surface area contributed by atoms with Crippen LogP contribution < -0.4 is 10.4 Å². The lowest BCUT2D eigenvalue weighted by Gasteiger charge is -1.91. The van der Waals surface area contributed by atoms with Crippen LogP contribution in [-0.2, 0) is 0 Å². The summed E-state index contributed by atoms with van der Waals surface area (Å²) in [6.07, 6.45) is 3.57. The molecule has 0 unspecified atom stereocenters. The minimum Gasteiger partial charge on any atom is -0.492 e. The van der Waals surface area contributed by atoms with E-state index in [9.17, 15) is 5.11 Å².